The zero-order chi connectivity index (χ0) is 36.5. The maximum absolute atomic E-state index is 12.4. The highest BCUT2D eigenvalue weighted by Crippen LogP contribution is 2.14. The van der Waals surface area contributed by atoms with Gasteiger partial charge in [-0.1, -0.05) is 0 Å². The largest absolute Gasteiger partial charge is 0.396 e. The van der Waals surface area contributed by atoms with Crippen molar-refractivity contribution in [2.24, 2.45) is 0 Å². The summed E-state index contributed by atoms with van der Waals surface area (Å²) in [6.45, 7) is 1.31. The van der Waals surface area contributed by atoms with Gasteiger partial charge in [-0.25, -0.2) is 0 Å². The summed E-state index contributed by atoms with van der Waals surface area (Å²) in [5, 5.41) is 82.8. The minimum atomic E-state index is -1.58. The fourth-order valence-corrected chi connectivity index (χ4v) is 4.60. The standard InChI is InChI=1S/C31H60N2O15/c1-20(36)21(33-25(40)12-6-9-19-48-31(46-3)29(44)27(42)23(38)14-17-35)10-4-7-15-32-24(39)11-5-8-18-47-30(45-2)28(43)26(41)22(37)13-16-34/h21-23,26-31,34-35,37-38,41-44H,4-19H2,1-3H3,(H,32,39)(H,33,40). The van der Waals surface area contributed by atoms with E-state index in [2.05, 4.69) is 10.6 Å². The van der Waals surface area contributed by atoms with Crippen LogP contribution in [0.15, 0.2) is 0 Å². The molecule has 0 aromatic carbocycles. The van der Waals surface area contributed by atoms with Crippen molar-refractivity contribution in [1.29, 1.82) is 0 Å². The third-order valence-electron chi connectivity index (χ3n) is 7.59. The number of nitrogens with one attached hydrogen (secondary N) is 2. The van der Waals surface area contributed by atoms with E-state index in [4.69, 9.17) is 29.2 Å². The molecule has 284 valence electrons. The van der Waals surface area contributed by atoms with Crippen LogP contribution in [0.1, 0.15) is 77.6 Å². The Labute approximate surface area is 282 Å². The van der Waals surface area contributed by atoms with Crippen molar-refractivity contribution < 1.29 is 74.2 Å². The summed E-state index contributed by atoms with van der Waals surface area (Å²) in [7, 11) is 2.54. The SMILES string of the molecule is COC(OCCCCC(=O)NCCCCC(NC(=O)CCCCOC(OC)C(O)C(O)C(O)CCO)C(C)=O)C(O)C(O)C(O)CCO. The van der Waals surface area contributed by atoms with Crippen LogP contribution in [0.4, 0.5) is 0 Å². The second-order valence-corrected chi connectivity index (χ2v) is 11.6. The number of hydrogen-bond acceptors (Lipinski definition) is 15. The minimum Gasteiger partial charge on any atom is -0.396 e. The van der Waals surface area contributed by atoms with Crippen molar-refractivity contribution in [3.8, 4) is 0 Å². The molecule has 0 aliphatic heterocycles. The van der Waals surface area contributed by atoms with Gasteiger partial charge in [-0.3, -0.25) is 14.4 Å². The highest BCUT2D eigenvalue weighted by Gasteiger charge is 2.33. The normalized spacial score (nSPS) is 17.4. The number of amides is 2. The number of Topliss-reactive ketones (excluding diaryl/α,β-unsaturated/α-hetero) is 1. The van der Waals surface area contributed by atoms with Gasteiger partial charge < -0.3 is 70.4 Å². The number of aliphatic hydroxyl groups is 8. The Balaban J connectivity index is 4.19. The van der Waals surface area contributed by atoms with E-state index >= 15 is 0 Å². The van der Waals surface area contributed by atoms with Crippen LogP contribution in [0.3, 0.4) is 0 Å². The number of hydrogen-bond donors (Lipinski definition) is 10. The van der Waals surface area contributed by atoms with Crippen LogP contribution in [0, 0.1) is 0 Å². The van der Waals surface area contributed by atoms with Gasteiger partial charge in [0.05, 0.1) is 18.2 Å². The van der Waals surface area contributed by atoms with E-state index in [-0.39, 0.29) is 69.7 Å². The van der Waals surface area contributed by atoms with Gasteiger partial charge in [0.15, 0.2) is 18.4 Å². The lowest BCUT2D eigenvalue weighted by Gasteiger charge is -2.28. The molecule has 0 aromatic heterocycles. The Morgan fingerprint density at radius 2 is 1.06 bits per heavy atom. The van der Waals surface area contributed by atoms with Gasteiger partial charge in [0.2, 0.25) is 11.8 Å². The summed E-state index contributed by atoms with van der Waals surface area (Å²) in [6.07, 6.45) is -7.77. The fraction of sp³-hybridized carbons (Fsp3) is 0.903. The number of aliphatic hydroxyl groups excluding tert-OH is 8. The molecule has 10 N–H and O–H groups in total. The quantitative estimate of drug-likeness (QED) is 0.0267. The number of rotatable bonds is 31. The number of carbonyl (C=O) groups excluding carboxylic acids is 3. The number of methoxy groups -OCH3 is 2. The van der Waals surface area contributed by atoms with Crippen LogP contribution in [-0.4, -0.2) is 161 Å². The summed E-state index contributed by atoms with van der Waals surface area (Å²) in [5.74, 6) is -0.654. The predicted octanol–water partition coefficient (Wildman–Crippen LogP) is -2.40. The second kappa shape index (κ2) is 27.9. The third-order valence-corrected chi connectivity index (χ3v) is 7.59. The van der Waals surface area contributed by atoms with Crippen molar-refractivity contribution in [1.82, 2.24) is 10.6 Å². The lowest BCUT2D eigenvalue weighted by Crippen LogP contribution is -2.46. The van der Waals surface area contributed by atoms with E-state index in [0.717, 1.165) is 0 Å². The van der Waals surface area contributed by atoms with Crippen molar-refractivity contribution in [3.63, 3.8) is 0 Å². The highest BCUT2D eigenvalue weighted by atomic mass is 16.7. The number of unbranched alkanes of at least 4 members (excludes halogenated alkanes) is 3. The second-order valence-electron chi connectivity index (χ2n) is 11.6. The molecule has 0 aliphatic rings. The van der Waals surface area contributed by atoms with Crippen LogP contribution in [-0.2, 0) is 33.3 Å². The molecule has 0 heterocycles. The Morgan fingerprint density at radius 3 is 1.48 bits per heavy atom. The first-order valence-corrected chi connectivity index (χ1v) is 16.5. The molecule has 0 bridgehead atoms. The highest BCUT2D eigenvalue weighted by molar-refractivity contribution is 5.87. The van der Waals surface area contributed by atoms with Crippen LogP contribution < -0.4 is 10.6 Å². The molecule has 0 aliphatic carbocycles. The number of ether oxygens (including phenoxy) is 4. The first kappa shape index (κ1) is 46.1. The summed E-state index contributed by atoms with van der Waals surface area (Å²) in [6, 6.07) is -0.655. The lowest BCUT2D eigenvalue weighted by atomic mass is 10.1. The van der Waals surface area contributed by atoms with E-state index in [1.54, 1.807) is 0 Å². The number of ketones is 1. The smallest absolute Gasteiger partial charge is 0.220 e. The van der Waals surface area contributed by atoms with Gasteiger partial charge in [0, 0.05) is 60.0 Å². The van der Waals surface area contributed by atoms with E-state index < -0.39 is 55.2 Å². The van der Waals surface area contributed by atoms with Crippen LogP contribution in [0.2, 0.25) is 0 Å². The van der Waals surface area contributed by atoms with Crippen molar-refractivity contribution in [2.75, 3.05) is 47.2 Å². The van der Waals surface area contributed by atoms with Crippen molar-refractivity contribution in [3.05, 3.63) is 0 Å². The van der Waals surface area contributed by atoms with Gasteiger partial charge in [-0.2, -0.15) is 0 Å². The maximum Gasteiger partial charge on any atom is 0.220 e. The van der Waals surface area contributed by atoms with Crippen molar-refractivity contribution >= 4 is 17.6 Å². The van der Waals surface area contributed by atoms with Crippen LogP contribution in [0.25, 0.3) is 0 Å². The monoisotopic (exact) mass is 700 g/mol. The molecule has 0 spiro atoms. The molecular weight excluding hydrogens is 640 g/mol. The van der Waals surface area contributed by atoms with E-state index in [0.29, 0.717) is 51.5 Å². The maximum atomic E-state index is 12.4. The molecule has 0 aromatic rings. The Morgan fingerprint density at radius 1 is 0.604 bits per heavy atom. The predicted molar refractivity (Wildman–Crippen MR) is 170 cm³/mol. The van der Waals surface area contributed by atoms with Gasteiger partial charge in [-0.05, 0) is 64.7 Å². The van der Waals surface area contributed by atoms with E-state index in [1.807, 2.05) is 0 Å². The molecule has 0 saturated heterocycles. The fourth-order valence-electron chi connectivity index (χ4n) is 4.60. The molecule has 17 heteroatoms. The Hall–Kier alpha value is -1.87. The average Bonchev–Trinajstić information content (AvgIpc) is 3.06. The molecule has 2 amide bonds. The molecule has 9 atom stereocenters. The zero-order valence-electron chi connectivity index (χ0n) is 28.4. The minimum absolute atomic E-state index is 0.100. The molecular formula is C31H60N2O15. The summed E-state index contributed by atoms with van der Waals surface area (Å²) >= 11 is 0. The Kier molecular flexibility index (Phi) is 26.8. The van der Waals surface area contributed by atoms with Crippen LogP contribution >= 0.6 is 0 Å². The first-order valence-electron chi connectivity index (χ1n) is 16.5. The molecule has 0 fully saturated rings. The molecule has 17 nitrogen and oxygen atoms in total. The van der Waals surface area contributed by atoms with Gasteiger partial charge >= 0.3 is 0 Å². The van der Waals surface area contributed by atoms with Gasteiger partial charge in [-0.15, -0.1) is 0 Å². The van der Waals surface area contributed by atoms with E-state index in [1.165, 1.54) is 21.1 Å². The molecule has 48 heavy (non-hydrogen) atoms. The Bertz CT molecular complexity index is 855. The zero-order valence-corrected chi connectivity index (χ0v) is 28.4. The number of carbonyl (C=O) groups is 3. The van der Waals surface area contributed by atoms with Crippen molar-refractivity contribution in [2.45, 2.75) is 133 Å². The summed E-state index contributed by atoms with van der Waals surface area (Å²) in [4.78, 5) is 36.5. The van der Waals surface area contributed by atoms with Crippen LogP contribution in [0.5, 0.6) is 0 Å². The molecule has 0 radical (unpaired) electrons. The molecule has 0 saturated carbocycles. The molecule has 0 rings (SSSR count). The summed E-state index contributed by atoms with van der Waals surface area (Å²) in [5.41, 5.74) is 0. The third kappa shape index (κ3) is 20.0. The summed E-state index contributed by atoms with van der Waals surface area (Å²) < 4.78 is 20.8. The van der Waals surface area contributed by atoms with E-state index in [9.17, 15) is 45.0 Å². The van der Waals surface area contributed by atoms with Gasteiger partial charge in [0.25, 0.3) is 0 Å². The topological polar surface area (TPSA) is 274 Å². The van der Waals surface area contributed by atoms with Gasteiger partial charge in [0.1, 0.15) is 24.4 Å². The molecule has 9 unspecified atom stereocenters. The lowest BCUT2D eigenvalue weighted by molar-refractivity contribution is -0.216. The average molecular weight is 701 g/mol. The first-order chi connectivity index (χ1) is 22.8.